The molecule has 1 aromatic heterocycles. The van der Waals surface area contributed by atoms with Crippen LogP contribution in [0.5, 0.6) is 5.75 Å². The van der Waals surface area contributed by atoms with Crippen LogP contribution in [0.1, 0.15) is 5.56 Å². The van der Waals surface area contributed by atoms with Crippen molar-refractivity contribution in [3.05, 3.63) is 48.0 Å². The van der Waals surface area contributed by atoms with Crippen molar-refractivity contribution < 1.29 is 9.52 Å². The molecule has 0 atom stereocenters. The first-order chi connectivity index (χ1) is 8.22. The summed E-state index contributed by atoms with van der Waals surface area (Å²) >= 11 is 0. The Balaban J connectivity index is 2.14. The molecule has 17 heavy (non-hydrogen) atoms. The lowest BCUT2D eigenvalue weighted by atomic mass is 10.1. The highest BCUT2D eigenvalue weighted by Gasteiger charge is 2.08. The summed E-state index contributed by atoms with van der Waals surface area (Å²) in [6.45, 7) is 2.04. The van der Waals surface area contributed by atoms with E-state index in [1.165, 1.54) is 5.56 Å². The van der Waals surface area contributed by atoms with E-state index in [-0.39, 0.29) is 5.75 Å². The number of oxazole rings is 1. The molecule has 0 aliphatic rings. The van der Waals surface area contributed by atoms with E-state index >= 15 is 0 Å². The van der Waals surface area contributed by atoms with Gasteiger partial charge in [-0.3, -0.25) is 0 Å². The minimum atomic E-state index is 0.184. The predicted octanol–water partition coefficient (Wildman–Crippen LogP) is 3.51. The first-order valence-corrected chi connectivity index (χ1v) is 5.39. The molecule has 0 radical (unpaired) electrons. The number of aromatic hydroxyl groups is 1. The molecule has 0 fully saturated rings. The van der Waals surface area contributed by atoms with Gasteiger partial charge in [-0.2, -0.15) is 0 Å². The first-order valence-electron chi connectivity index (χ1n) is 5.39. The molecule has 3 heteroatoms. The normalized spacial score (nSPS) is 10.9. The molecule has 0 aliphatic heterocycles. The van der Waals surface area contributed by atoms with Gasteiger partial charge in [0.05, 0.1) is 0 Å². The Bertz CT molecular complexity index is 668. The Labute approximate surface area is 98.3 Å². The van der Waals surface area contributed by atoms with Gasteiger partial charge in [-0.15, -0.1) is 0 Å². The quantitative estimate of drug-likeness (QED) is 0.689. The van der Waals surface area contributed by atoms with Crippen LogP contribution in [0.3, 0.4) is 0 Å². The van der Waals surface area contributed by atoms with Crippen molar-refractivity contribution in [3.63, 3.8) is 0 Å². The zero-order valence-electron chi connectivity index (χ0n) is 9.34. The fourth-order valence-corrected chi connectivity index (χ4v) is 1.73. The molecular weight excluding hydrogens is 214 g/mol. The Morgan fingerprint density at radius 2 is 1.82 bits per heavy atom. The highest BCUT2D eigenvalue weighted by atomic mass is 16.3. The van der Waals surface area contributed by atoms with Crippen LogP contribution >= 0.6 is 0 Å². The fraction of sp³-hybridized carbons (Fsp3) is 0.0714. The molecule has 0 saturated heterocycles. The topological polar surface area (TPSA) is 46.3 Å². The molecule has 0 aliphatic carbocycles. The summed E-state index contributed by atoms with van der Waals surface area (Å²) in [4.78, 5) is 4.38. The fourth-order valence-electron chi connectivity index (χ4n) is 1.73. The van der Waals surface area contributed by atoms with Crippen molar-refractivity contribution >= 4 is 11.1 Å². The van der Waals surface area contributed by atoms with Crippen molar-refractivity contribution in [2.24, 2.45) is 0 Å². The molecule has 3 aromatic rings. The van der Waals surface area contributed by atoms with E-state index in [9.17, 15) is 5.11 Å². The van der Waals surface area contributed by atoms with Crippen LogP contribution in [0.2, 0.25) is 0 Å². The SMILES string of the molecule is Cc1ccc(-c2nc3ccc(O)cc3o2)cc1. The number of fused-ring (bicyclic) bond motifs is 1. The van der Waals surface area contributed by atoms with Gasteiger partial charge in [0.25, 0.3) is 0 Å². The van der Waals surface area contributed by atoms with E-state index in [0.717, 1.165) is 11.1 Å². The standard InChI is InChI=1S/C14H11NO2/c1-9-2-4-10(5-3-9)14-15-12-7-6-11(16)8-13(12)17-14/h2-8,16H,1H3. The Kier molecular flexibility index (Phi) is 2.11. The molecule has 1 N–H and O–H groups in total. The molecule has 2 aromatic carbocycles. The van der Waals surface area contributed by atoms with E-state index in [0.29, 0.717) is 11.5 Å². The molecule has 0 bridgehead atoms. The second-order valence-corrected chi connectivity index (χ2v) is 4.04. The number of aromatic nitrogens is 1. The minimum absolute atomic E-state index is 0.184. The predicted molar refractivity (Wildman–Crippen MR) is 65.8 cm³/mol. The smallest absolute Gasteiger partial charge is 0.227 e. The van der Waals surface area contributed by atoms with Crippen molar-refractivity contribution in [2.45, 2.75) is 6.92 Å². The summed E-state index contributed by atoms with van der Waals surface area (Å²) < 4.78 is 5.60. The summed E-state index contributed by atoms with van der Waals surface area (Å²) in [5.41, 5.74) is 3.48. The largest absolute Gasteiger partial charge is 0.508 e. The second kappa shape index (κ2) is 3.63. The maximum absolute atomic E-state index is 9.36. The second-order valence-electron chi connectivity index (χ2n) is 4.04. The minimum Gasteiger partial charge on any atom is -0.508 e. The van der Waals surface area contributed by atoms with Gasteiger partial charge in [0.2, 0.25) is 5.89 Å². The zero-order chi connectivity index (χ0) is 11.8. The Morgan fingerprint density at radius 3 is 2.59 bits per heavy atom. The average Bonchev–Trinajstić information content (AvgIpc) is 2.72. The van der Waals surface area contributed by atoms with Crippen LogP contribution in [-0.2, 0) is 0 Å². The van der Waals surface area contributed by atoms with E-state index in [1.54, 1.807) is 18.2 Å². The maximum Gasteiger partial charge on any atom is 0.227 e. The van der Waals surface area contributed by atoms with Gasteiger partial charge in [0.15, 0.2) is 5.58 Å². The molecule has 0 spiro atoms. The third-order valence-electron chi connectivity index (χ3n) is 2.67. The number of rotatable bonds is 1. The molecule has 3 nitrogen and oxygen atoms in total. The lowest BCUT2D eigenvalue weighted by molar-refractivity contribution is 0.474. The molecule has 0 unspecified atom stereocenters. The van der Waals surface area contributed by atoms with Gasteiger partial charge < -0.3 is 9.52 Å². The molecule has 0 amide bonds. The van der Waals surface area contributed by atoms with Crippen LogP contribution < -0.4 is 0 Å². The summed E-state index contributed by atoms with van der Waals surface area (Å²) in [6.07, 6.45) is 0. The van der Waals surface area contributed by atoms with Crippen LogP contribution in [-0.4, -0.2) is 10.1 Å². The zero-order valence-corrected chi connectivity index (χ0v) is 9.34. The van der Waals surface area contributed by atoms with Crippen molar-refractivity contribution in [1.82, 2.24) is 4.98 Å². The van der Waals surface area contributed by atoms with Crippen molar-refractivity contribution in [2.75, 3.05) is 0 Å². The van der Waals surface area contributed by atoms with Gasteiger partial charge in [-0.1, -0.05) is 17.7 Å². The Morgan fingerprint density at radius 1 is 1.06 bits per heavy atom. The lowest BCUT2D eigenvalue weighted by Crippen LogP contribution is -1.77. The van der Waals surface area contributed by atoms with Crippen LogP contribution in [0, 0.1) is 6.92 Å². The van der Waals surface area contributed by atoms with Crippen molar-refractivity contribution in [1.29, 1.82) is 0 Å². The highest BCUT2D eigenvalue weighted by molar-refractivity contribution is 5.77. The number of hydrogen-bond acceptors (Lipinski definition) is 3. The van der Waals surface area contributed by atoms with Gasteiger partial charge >= 0.3 is 0 Å². The third-order valence-corrected chi connectivity index (χ3v) is 2.67. The van der Waals surface area contributed by atoms with Gasteiger partial charge in [0.1, 0.15) is 11.3 Å². The number of hydrogen-bond donors (Lipinski definition) is 1. The van der Waals surface area contributed by atoms with Crippen LogP contribution in [0.25, 0.3) is 22.6 Å². The van der Waals surface area contributed by atoms with Gasteiger partial charge in [-0.05, 0) is 31.2 Å². The van der Waals surface area contributed by atoms with E-state index < -0.39 is 0 Å². The molecular formula is C14H11NO2. The number of phenols is 1. The first kappa shape index (κ1) is 9.90. The number of phenolic OH excluding ortho intramolecular Hbond substituents is 1. The average molecular weight is 225 g/mol. The molecule has 3 rings (SSSR count). The number of aryl methyl sites for hydroxylation is 1. The van der Waals surface area contributed by atoms with Crippen molar-refractivity contribution in [3.8, 4) is 17.2 Å². The molecule has 1 heterocycles. The van der Waals surface area contributed by atoms with Gasteiger partial charge in [-0.25, -0.2) is 4.98 Å². The summed E-state index contributed by atoms with van der Waals surface area (Å²) in [5, 5.41) is 9.36. The van der Waals surface area contributed by atoms with E-state index in [2.05, 4.69) is 4.98 Å². The van der Waals surface area contributed by atoms with E-state index in [1.807, 2.05) is 31.2 Å². The Hall–Kier alpha value is -2.29. The monoisotopic (exact) mass is 225 g/mol. The summed E-state index contributed by atoms with van der Waals surface area (Å²) in [7, 11) is 0. The lowest BCUT2D eigenvalue weighted by Gasteiger charge is -1.95. The summed E-state index contributed by atoms with van der Waals surface area (Å²) in [5.74, 6) is 0.759. The number of nitrogens with zero attached hydrogens (tertiary/aromatic N) is 1. The summed E-state index contributed by atoms with van der Waals surface area (Å²) in [6, 6.07) is 12.9. The number of benzene rings is 2. The molecule has 84 valence electrons. The van der Waals surface area contributed by atoms with Crippen LogP contribution in [0.4, 0.5) is 0 Å². The highest BCUT2D eigenvalue weighted by Crippen LogP contribution is 2.26. The van der Waals surface area contributed by atoms with Gasteiger partial charge in [0, 0.05) is 11.6 Å². The third kappa shape index (κ3) is 1.76. The maximum atomic E-state index is 9.36. The van der Waals surface area contributed by atoms with Crippen LogP contribution in [0.15, 0.2) is 46.9 Å². The molecule has 0 saturated carbocycles. The van der Waals surface area contributed by atoms with E-state index in [4.69, 9.17) is 4.42 Å².